The summed E-state index contributed by atoms with van der Waals surface area (Å²) in [6, 6.07) is 9.81. The third-order valence-corrected chi connectivity index (χ3v) is 4.38. The fraction of sp³-hybridized carbons (Fsp3) is 0.0588. The molecule has 0 atom stereocenters. The topological polar surface area (TPSA) is 73.1 Å². The van der Waals surface area contributed by atoms with Crippen molar-refractivity contribution in [3.8, 4) is 11.8 Å². The lowest BCUT2D eigenvalue weighted by Crippen LogP contribution is -2.13. The average Bonchev–Trinajstić information content (AvgIpc) is 2.52. The summed E-state index contributed by atoms with van der Waals surface area (Å²) in [5.74, 6) is -0.730. The van der Waals surface area contributed by atoms with Crippen LogP contribution in [0.4, 0.5) is 5.69 Å². The van der Waals surface area contributed by atoms with Crippen LogP contribution in [0, 0.1) is 18.3 Å². The number of benzene rings is 2. The van der Waals surface area contributed by atoms with E-state index >= 15 is 0 Å². The molecule has 2 N–H and O–H groups in total. The van der Waals surface area contributed by atoms with E-state index in [4.69, 9.17) is 23.2 Å². The second-order valence-electron chi connectivity index (χ2n) is 4.91. The van der Waals surface area contributed by atoms with Crippen molar-refractivity contribution in [2.75, 3.05) is 5.32 Å². The summed E-state index contributed by atoms with van der Waals surface area (Å²) in [5.41, 5.74) is 1.41. The number of nitrogens with zero attached hydrogens (tertiary/aromatic N) is 1. The number of nitrogens with one attached hydrogen (secondary N) is 1. The molecule has 24 heavy (non-hydrogen) atoms. The monoisotopic (exact) mass is 424 g/mol. The van der Waals surface area contributed by atoms with E-state index in [2.05, 4.69) is 21.2 Å². The average molecular weight is 426 g/mol. The number of hydrogen-bond acceptors (Lipinski definition) is 3. The Labute approximate surface area is 157 Å². The number of hydrogen-bond donors (Lipinski definition) is 2. The van der Waals surface area contributed by atoms with Gasteiger partial charge in [-0.2, -0.15) is 5.26 Å². The first-order valence-corrected chi connectivity index (χ1v) is 8.24. The van der Waals surface area contributed by atoms with Gasteiger partial charge in [-0.3, -0.25) is 4.79 Å². The van der Waals surface area contributed by atoms with Crippen LogP contribution in [0.15, 0.2) is 40.4 Å². The Hall–Kier alpha value is -2.00. The van der Waals surface area contributed by atoms with E-state index in [1.54, 1.807) is 18.2 Å². The molecular weight excluding hydrogens is 415 g/mol. The number of carbonyl (C=O) groups is 1. The predicted molar refractivity (Wildman–Crippen MR) is 99.2 cm³/mol. The highest BCUT2D eigenvalue weighted by atomic mass is 79.9. The van der Waals surface area contributed by atoms with Gasteiger partial charge in [-0.1, -0.05) is 29.3 Å². The zero-order valence-electron chi connectivity index (χ0n) is 12.4. The second kappa shape index (κ2) is 7.71. The number of anilines is 1. The smallest absolute Gasteiger partial charge is 0.266 e. The van der Waals surface area contributed by atoms with Crippen LogP contribution in [0.25, 0.3) is 6.08 Å². The molecule has 2 aromatic carbocycles. The highest BCUT2D eigenvalue weighted by Gasteiger charge is 2.13. The van der Waals surface area contributed by atoms with Gasteiger partial charge in [0.2, 0.25) is 0 Å². The maximum absolute atomic E-state index is 12.3. The van der Waals surface area contributed by atoms with Gasteiger partial charge in [0.15, 0.2) is 0 Å². The molecule has 4 nitrogen and oxygen atoms in total. The van der Waals surface area contributed by atoms with E-state index in [1.165, 1.54) is 18.2 Å². The van der Waals surface area contributed by atoms with Gasteiger partial charge in [0.05, 0.1) is 4.47 Å². The van der Waals surface area contributed by atoms with E-state index in [-0.39, 0.29) is 16.9 Å². The number of amides is 1. The number of rotatable bonds is 3. The van der Waals surface area contributed by atoms with Gasteiger partial charge >= 0.3 is 0 Å². The first kappa shape index (κ1) is 18.3. The molecule has 0 aromatic heterocycles. The van der Waals surface area contributed by atoms with Crippen molar-refractivity contribution in [1.82, 2.24) is 0 Å². The van der Waals surface area contributed by atoms with Crippen molar-refractivity contribution in [3.63, 3.8) is 0 Å². The van der Waals surface area contributed by atoms with Crippen LogP contribution in [0.5, 0.6) is 5.75 Å². The summed E-state index contributed by atoms with van der Waals surface area (Å²) in [6.45, 7) is 1.84. The Morgan fingerprint density at radius 1 is 1.33 bits per heavy atom. The highest BCUT2D eigenvalue weighted by molar-refractivity contribution is 9.10. The van der Waals surface area contributed by atoms with Gasteiger partial charge in [-0.15, -0.1) is 0 Å². The molecule has 0 aliphatic rings. The molecule has 0 saturated heterocycles. The molecule has 0 fully saturated rings. The van der Waals surface area contributed by atoms with Crippen LogP contribution < -0.4 is 5.32 Å². The predicted octanol–water partition coefficient (Wildman–Crippen LogP) is 5.32. The van der Waals surface area contributed by atoms with Crippen molar-refractivity contribution in [2.45, 2.75) is 6.92 Å². The number of phenols is 1. The minimum atomic E-state index is -0.618. The molecule has 0 saturated carbocycles. The molecule has 0 unspecified atom stereocenters. The third kappa shape index (κ3) is 4.30. The van der Waals surface area contributed by atoms with E-state index in [9.17, 15) is 15.2 Å². The Morgan fingerprint density at radius 2 is 2.04 bits per heavy atom. The Bertz CT molecular complexity index is 889. The number of halogens is 3. The van der Waals surface area contributed by atoms with Crippen molar-refractivity contribution < 1.29 is 9.90 Å². The fourth-order valence-corrected chi connectivity index (χ4v) is 2.88. The van der Waals surface area contributed by atoms with Gasteiger partial charge in [-0.25, -0.2) is 0 Å². The lowest BCUT2D eigenvalue weighted by Gasteiger charge is -2.07. The third-order valence-electron chi connectivity index (χ3n) is 3.15. The van der Waals surface area contributed by atoms with Crippen LogP contribution >= 0.6 is 39.1 Å². The quantitative estimate of drug-likeness (QED) is 0.516. The van der Waals surface area contributed by atoms with Gasteiger partial charge in [0.25, 0.3) is 5.91 Å². The maximum Gasteiger partial charge on any atom is 0.266 e. The van der Waals surface area contributed by atoms with E-state index in [0.29, 0.717) is 20.2 Å². The van der Waals surface area contributed by atoms with E-state index in [0.717, 1.165) is 5.56 Å². The van der Waals surface area contributed by atoms with Crippen molar-refractivity contribution in [1.29, 1.82) is 5.26 Å². The number of carbonyl (C=O) groups excluding carboxylic acids is 1. The summed E-state index contributed by atoms with van der Waals surface area (Å²) in [7, 11) is 0. The standard InChI is InChI=1S/C17H11BrCl2N2O2/c1-9-2-3-13(7-15(9)20)22-17(24)11(8-21)4-10-5-12(19)6-14(18)16(10)23/h2-7,23H,1H3,(H,22,24)/b11-4+. The summed E-state index contributed by atoms with van der Waals surface area (Å²) in [4.78, 5) is 12.3. The molecule has 0 spiro atoms. The Morgan fingerprint density at radius 3 is 2.67 bits per heavy atom. The molecule has 0 aliphatic heterocycles. The Balaban J connectivity index is 2.32. The number of phenolic OH excluding ortho intramolecular Hbond substituents is 1. The minimum Gasteiger partial charge on any atom is -0.506 e. The summed E-state index contributed by atoms with van der Waals surface area (Å²) in [6.07, 6.45) is 1.26. The van der Waals surface area contributed by atoms with E-state index < -0.39 is 5.91 Å². The molecule has 0 radical (unpaired) electrons. The van der Waals surface area contributed by atoms with Crippen LogP contribution in [0.1, 0.15) is 11.1 Å². The van der Waals surface area contributed by atoms with Gasteiger partial charge in [0, 0.05) is 21.3 Å². The van der Waals surface area contributed by atoms with Crippen molar-refractivity contribution in [2.24, 2.45) is 0 Å². The molecule has 7 heteroatoms. The zero-order valence-corrected chi connectivity index (χ0v) is 15.5. The lowest BCUT2D eigenvalue weighted by molar-refractivity contribution is -0.112. The summed E-state index contributed by atoms with van der Waals surface area (Å²) >= 11 is 15.1. The fourth-order valence-electron chi connectivity index (χ4n) is 1.87. The largest absolute Gasteiger partial charge is 0.506 e. The molecular formula is C17H11BrCl2N2O2. The van der Waals surface area contributed by atoms with Crippen LogP contribution in [0.2, 0.25) is 10.0 Å². The molecule has 2 aromatic rings. The SMILES string of the molecule is Cc1ccc(NC(=O)/C(C#N)=C/c2cc(Cl)cc(Br)c2O)cc1Cl. The molecule has 122 valence electrons. The normalized spacial score (nSPS) is 11.0. The zero-order chi connectivity index (χ0) is 17.9. The maximum atomic E-state index is 12.3. The number of aryl methyl sites for hydroxylation is 1. The molecule has 0 heterocycles. The first-order valence-electron chi connectivity index (χ1n) is 6.69. The van der Waals surface area contributed by atoms with Crippen LogP contribution in [-0.2, 0) is 4.79 Å². The molecule has 2 rings (SSSR count). The molecule has 0 aliphatic carbocycles. The highest BCUT2D eigenvalue weighted by Crippen LogP contribution is 2.33. The van der Waals surface area contributed by atoms with Gasteiger partial charge < -0.3 is 10.4 Å². The number of nitriles is 1. The lowest BCUT2D eigenvalue weighted by atomic mass is 10.1. The number of aromatic hydroxyl groups is 1. The van der Waals surface area contributed by atoms with Crippen LogP contribution in [-0.4, -0.2) is 11.0 Å². The van der Waals surface area contributed by atoms with Crippen molar-refractivity contribution >= 4 is 56.8 Å². The summed E-state index contributed by atoms with van der Waals surface area (Å²) in [5, 5.41) is 22.7. The first-order chi connectivity index (χ1) is 11.3. The second-order valence-corrected chi connectivity index (χ2v) is 6.61. The van der Waals surface area contributed by atoms with Crippen LogP contribution in [0.3, 0.4) is 0 Å². The summed E-state index contributed by atoms with van der Waals surface area (Å²) < 4.78 is 0.365. The van der Waals surface area contributed by atoms with E-state index in [1.807, 2.05) is 13.0 Å². The Kier molecular flexibility index (Phi) is 5.89. The van der Waals surface area contributed by atoms with Crippen molar-refractivity contribution in [3.05, 3.63) is 61.5 Å². The minimum absolute atomic E-state index is 0.113. The van der Waals surface area contributed by atoms with Gasteiger partial charge in [-0.05, 0) is 58.8 Å². The molecule has 1 amide bonds. The molecule has 0 bridgehead atoms. The van der Waals surface area contributed by atoms with Gasteiger partial charge in [0.1, 0.15) is 17.4 Å².